The van der Waals surface area contributed by atoms with Crippen LogP contribution in [0.15, 0.2) is 42.6 Å². The van der Waals surface area contributed by atoms with E-state index in [1.165, 1.54) is 11.1 Å². The Hall–Kier alpha value is -3.44. The van der Waals surface area contributed by atoms with Crippen LogP contribution in [0.4, 0.5) is 10.5 Å². The highest BCUT2D eigenvalue weighted by atomic mass is 35.5. The summed E-state index contributed by atoms with van der Waals surface area (Å²) in [5.41, 5.74) is 0.332. The zero-order valence-electron chi connectivity index (χ0n) is 16.6. The first-order chi connectivity index (χ1) is 14.3. The van der Waals surface area contributed by atoms with E-state index >= 15 is 0 Å². The van der Waals surface area contributed by atoms with E-state index in [0.717, 1.165) is 10.5 Å². The Balaban J connectivity index is 1.84. The molecule has 0 bridgehead atoms. The number of hydrogen-bond acceptors (Lipinski definition) is 5. The quantitative estimate of drug-likeness (QED) is 0.716. The summed E-state index contributed by atoms with van der Waals surface area (Å²) in [6.45, 7) is 3.02. The molecular formula is C21H20ClN5O3. The van der Waals surface area contributed by atoms with E-state index in [9.17, 15) is 14.4 Å². The molecule has 0 saturated carbocycles. The molecule has 30 heavy (non-hydrogen) atoms. The number of nitriles is 1. The molecule has 1 fully saturated rings. The third-order valence-corrected chi connectivity index (χ3v) is 5.37. The molecule has 9 heteroatoms. The van der Waals surface area contributed by atoms with Gasteiger partial charge < -0.3 is 10.2 Å². The standard InChI is InChI=1S/C21H20ClN5O3/c1-14-12-15(7-8-16(14)22)26(11-5-9-23)18(28)13-27-19(29)21(2,25-20(27)30)17-6-3-4-10-24-17/h3-4,6-8,10,12H,5,11,13H2,1-2H3,(H,25,30). The summed E-state index contributed by atoms with van der Waals surface area (Å²) in [6, 6.07) is 11.4. The smallest absolute Gasteiger partial charge is 0.318 e. The number of pyridine rings is 1. The van der Waals surface area contributed by atoms with Gasteiger partial charge in [-0.2, -0.15) is 5.26 Å². The Bertz CT molecular complexity index is 1040. The van der Waals surface area contributed by atoms with Crippen LogP contribution in [0.3, 0.4) is 0 Å². The first-order valence-electron chi connectivity index (χ1n) is 9.27. The molecule has 1 aromatic heterocycles. The second kappa shape index (κ2) is 8.51. The summed E-state index contributed by atoms with van der Waals surface area (Å²) in [5.74, 6) is -1.05. The van der Waals surface area contributed by atoms with Gasteiger partial charge in [-0.15, -0.1) is 0 Å². The SMILES string of the molecule is Cc1cc(N(CCC#N)C(=O)CN2C(=O)NC(C)(c3ccccn3)C2=O)ccc1Cl. The van der Waals surface area contributed by atoms with Gasteiger partial charge in [0.2, 0.25) is 5.91 Å². The van der Waals surface area contributed by atoms with Crippen LogP contribution in [-0.2, 0) is 15.1 Å². The van der Waals surface area contributed by atoms with Gasteiger partial charge in [0.25, 0.3) is 5.91 Å². The summed E-state index contributed by atoms with van der Waals surface area (Å²) in [5, 5.41) is 12.1. The molecule has 1 aromatic carbocycles. The van der Waals surface area contributed by atoms with Crippen molar-refractivity contribution in [2.24, 2.45) is 0 Å². The molecule has 1 saturated heterocycles. The number of benzene rings is 1. The highest BCUT2D eigenvalue weighted by Crippen LogP contribution is 2.28. The van der Waals surface area contributed by atoms with Crippen LogP contribution in [0, 0.1) is 18.3 Å². The molecule has 3 rings (SSSR count). The lowest BCUT2D eigenvalue weighted by molar-refractivity contribution is -0.134. The van der Waals surface area contributed by atoms with Crippen molar-refractivity contribution in [3.8, 4) is 6.07 Å². The molecule has 2 aromatic rings. The van der Waals surface area contributed by atoms with Crippen LogP contribution >= 0.6 is 11.6 Å². The van der Waals surface area contributed by atoms with E-state index in [1.807, 2.05) is 6.07 Å². The Labute approximate surface area is 179 Å². The van der Waals surface area contributed by atoms with E-state index in [4.69, 9.17) is 16.9 Å². The molecule has 1 unspecified atom stereocenters. The molecule has 1 N–H and O–H groups in total. The third-order valence-electron chi connectivity index (χ3n) is 4.95. The maximum absolute atomic E-state index is 13.0. The number of nitrogens with one attached hydrogen (secondary N) is 1. The van der Waals surface area contributed by atoms with Gasteiger partial charge in [-0.25, -0.2) is 4.79 Å². The molecule has 2 heterocycles. The second-order valence-electron chi connectivity index (χ2n) is 7.05. The van der Waals surface area contributed by atoms with Crippen molar-refractivity contribution in [2.45, 2.75) is 25.8 Å². The number of imide groups is 1. The topological polar surface area (TPSA) is 106 Å². The minimum absolute atomic E-state index is 0.0964. The van der Waals surface area contributed by atoms with Gasteiger partial charge in [0, 0.05) is 23.5 Å². The van der Waals surface area contributed by atoms with Crippen molar-refractivity contribution in [2.75, 3.05) is 18.0 Å². The number of nitrogens with zero attached hydrogens (tertiary/aromatic N) is 4. The van der Waals surface area contributed by atoms with E-state index in [-0.39, 0.29) is 13.0 Å². The Kier molecular flexibility index (Phi) is 6.04. The van der Waals surface area contributed by atoms with Crippen molar-refractivity contribution in [1.29, 1.82) is 5.26 Å². The average Bonchev–Trinajstić information content (AvgIpc) is 2.95. The minimum Gasteiger partial charge on any atom is -0.318 e. The van der Waals surface area contributed by atoms with Gasteiger partial charge in [-0.3, -0.25) is 19.5 Å². The van der Waals surface area contributed by atoms with Crippen LogP contribution in [0.2, 0.25) is 5.02 Å². The van der Waals surface area contributed by atoms with Crippen molar-refractivity contribution in [3.63, 3.8) is 0 Å². The first kappa shape index (κ1) is 21.3. The molecule has 154 valence electrons. The van der Waals surface area contributed by atoms with E-state index in [1.54, 1.807) is 50.2 Å². The first-order valence-corrected chi connectivity index (χ1v) is 9.65. The monoisotopic (exact) mass is 425 g/mol. The van der Waals surface area contributed by atoms with Crippen LogP contribution in [-0.4, -0.2) is 40.8 Å². The largest absolute Gasteiger partial charge is 0.325 e. The lowest BCUT2D eigenvalue weighted by Crippen LogP contribution is -2.45. The van der Waals surface area contributed by atoms with Crippen molar-refractivity contribution < 1.29 is 14.4 Å². The third kappa shape index (κ3) is 3.98. The van der Waals surface area contributed by atoms with Gasteiger partial charge in [-0.1, -0.05) is 17.7 Å². The summed E-state index contributed by atoms with van der Waals surface area (Å²) in [4.78, 5) is 45.0. The summed E-state index contributed by atoms with van der Waals surface area (Å²) < 4.78 is 0. The number of hydrogen-bond donors (Lipinski definition) is 1. The predicted octanol–water partition coefficient (Wildman–Crippen LogP) is 2.76. The molecule has 0 radical (unpaired) electrons. The molecule has 1 atom stereocenters. The summed E-state index contributed by atoms with van der Waals surface area (Å²) in [7, 11) is 0. The zero-order valence-corrected chi connectivity index (χ0v) is 17.3. The van der Waals surface area contributed by atoms with Crippen LogP contribution < -0.4 is 10.2 Å². The van der Waals surface area contributed by atoms with Crippen LogP contribution in [0.5, 0.6) is 0 Å². The normalized spacial score (nSPS) is 18.1. The van der Waals surface area contributed by atoms with Gasteiger partial charge >= 0.3 is 6.03 Å². The number of urea groups is 1. The molecule has 1 aliphatic heterocycles. The molecular weight excluding hydrogens is 406 g/mol. The number of carbonyl (C=O) groups is 3. The molecule has 4 amide bonds. The lowest BCUT2D eigenvalue weighted by atomic mass is 9.97. The highest BCUT2D eigenvalue weighted by Gasteiger charge is 2.50. The fourth-order valence-electron chi connectivity index (χ4n) is 3.25. The van der Waals surface area contributed by atoms with Crippen molar-refractivity contribution in [3.05, 3.63) is 58.9 Å². The maximum atomic E-state index is 13.0. The highest BCUT2D eigenvalue weighted by molar-refractivity contribution is 6.31. The van der Waals surface area contributed by atoms with E-state index in [2.05, 4.69) is 10.3 Å². The van der Waals surface area contributed by atoms with Gasteiger partial charge in [0.1, 0.15) is 6.54 Å². The Morgan fingerprint density at radius 3 is 2.73 bits per heavy atom. The van der Waals surface area contributed by atoms with E-state index in [0.29, 0.717) is 16.4 Å². The number of anilines is 1. The number of rotatable bonds is 6. The number of carbonyl (C=O) groups excluding carboxylic acids is 3. The van der Waals surface area contributed by atoms with Gasteiger partial charge in [0.05, 0.1) is 18.2 Å². The van der Waals surface area contributed by atoms with Crippen LogP contribution in [0.1, 0.15) is 24.6 Å². The zero-order chi connectivity index (χ0) is 21.9. The van der Waals surface area contributed by atoms with Gasteiger partial charge in [-0.05, 0) is 49.7 Å². The fraction of sp³-hybridized carbons (Fsp3) is 0.286. The Morgan fingerprint density at radius 1 is 1.33 bits per heavy atom. The fourth-order valence-corrected chi connectivity index (χ4v) is 3.37. The van der Waals surface area contributed by atoms with Crippen LogP contribution in [0.25, 0.3) is 0 Å². The van der Waals surface area contributed by atoms with Crippen molar-refractivity contribution >= 4 is 35.1 Å². The van der Waals surface area contributed by atoms with Gasteiger partial charge in [0.15, 0.2) is 5.54 Å². The second-order valence-corrected chi connectivity index (χ2v) is 7.46. The minimum atomic E-state index is -1.35. The number of amides is 4. The Morgan fingerprint density at radius 2 is 2.10 bits per heavy atom. The molecule has 1 aliphatic rings. The lowest BCUT2D eigenvalue weighted by Gasteiger charge is -2.25. The van der Waals surface area contributed by atoms with E-state index < -0.39 is 29.9 Å². The number of aryl methyl sites for hydroxylation is 1. The molecule has 0 aliphatic carbocycles. The summed E-state index contributed by atoms with van der Waals surface area (Å²) in [6.07, 6.45) is 1.62. The molecule has 8 nitrogen and oxygen atoms in total. The number of aromatic nitrogens is 1. The number of halogens is 1. The average molecular weight is 426 g/mol. The summed E-state index contributed by atoms with van der Waals surface area (Å²) >= 11 is 6.07. The maximum Gasteiger partial charge on any atom is 0.325 e. The molecule has 0 spiro atoms. The predicted molar refractivity (Wildman–Crippen MR) is 111 cm³/mol. The van der Waals surface area contributed by atoms with Crippen molar-refractivity contribution in [1.82, 2.24) is 15.2 Å².